The number of hydrogen-bond donors (Lipinski definition) is 2. The Balaban J connectivity index is 2.18. The first-order valence-corrected chi connectivity index (χ1v) is 5.47. The van der Waals surface area contributed by atoms with Gasteiger partial charge in [0.15, 0.2) is 5.82 Å². The van der Waals surface area contributed by atoms with Crippen LogP contribution in [0.1, 0.15) is 16.2 Å². The number of methoxy groups -OCH3 is 2. The zero-order chi connectivity index (χ0) is 13.7. The Morgan fingerprint density at radius 3 is 2.53 bits per heavy atom. The van der Waals surface area contributed by atoms with Gasteiger partial charge in [-0.3, -0.25) is 4.79 Å². The van der Waals surface area contributed by atoms with Gasteiger partial charge in [0, 0.05) is 0 Å². The quantitative estimate of drug-likeness (QED) is 0.796. The summed E-state index contributed by atoms with van der Waals surface area (Å²) >= 11 is 0. The summed E-state index contributed by atoms with van der Waals surface area (Å²) in [7, 11) is 2.98. The van der Waals surface area contributed by atoms with Gasteiger partial charge in [0.2, 0.25) is 0 Å². The lowest BCUT2D eigenvalue weighted by atomic mass is 10.1. The molecule has 0 fully saturated rings. The van der Waals surface area contributed by atoms with Crippen LogP contribution in [0, 0.1) is 0 Å². The van der Waals surface area contributed by atoms with Crippen molar-refractivity contribution in [3.8, 4) is 11.5 Å². The molecule has 0 unspecified atom stereocenters. The van der Waals surface area contributed by atoms with Crippen LogP contribution in [-0.4, -0.2) is 40.8 Å². The summed E-state index contributed by atoms with van der Waals surface area (Å²) in [6.45, 7) is 0.163. The number of tetrazole rings is 1. The van der Waals surface area contributed by atoms with Crippen molar-refractivity contribution in [1.29, 1.82) is 0 Å². The lowest BCUT2D eigenvalue weighted by Crippen LogP contribution is -2.24. The number of carbonyl (C=O) groups excluding carboxylic acids is 1. The average Bonchev–Trinajstić information content (AvgIpc) is 2.97. The van der Waals surface area contributed by atoms with E-state index in [1.165, 1.54) is 14.2 Å². The molecule has 2 rings (SSSR count). The minimum atomic E-state index is -0.334. The summed E-state index contributed by atoms with van der Waals surface area (Å²) in [5, 5.41) is 15.9. The van der Waals surface area contributed by atoms with Gasteiger partial charge in [0.1, 0.15) is 17.1 Å². The van der Waals surface area contributed by atoms with Crippen molar-refractivity contribution in [2.75, 3.05) is 14.2 Å². The molecule has 1 aromatic heterocycles. The molecule has 8 heteroatoms. The Hall–Kier alpha value is -2.64. The molecule has 0 spiro atoms. The van der Waals surface area contributed by atoms with E-state index < -0.39 is 0 Å². The van der Waals surface area contributed by atoms with E-state index in [1.54, 1.807) is 18.2 Å². The first-order valence-electron chi connectivity index (χ1n) is 5.47. The Morgan fingerprint density at radius 1 is 1.32 bits per heavy atom. The molecule has 2 aromatic rings. The number of aromatic amines is 1. The Bertz CT molecular complexity index is 533. The van der Waals surface area contributed by atoms with Gasteiger partial charge in [-0.2, -0.15) is 5.21 Å². The number of nitrogens with one attached hydrogen (secondary N) is 2. The number of aromatic nitrogens is 4. The summed E-state index contributed by atoms with van der Waals surface area (Å²) < 4.78 is 10.3. The Labute approximate surface area is 109 Å². The topological polar surface area (TPSA) is 102 Å². The number of amides is 1. The molecule has 19 heavy (non-hydrogen) atoms. The van der Waals surface area contributed by atoms with Crippen LogP contribution < -0.4 is 14.8 Å². The maximum absolute atomic E-state index is 12.1. The highest BCUT2D eigenvalue weighted by Crippen LogP contribution is 2.27. The highest BCUT2D eigenvalue weighted by molar-refractivity contribution is 5.99. The van der Waals surface area contributed by atoms with E-state index in [4.69, 9.17) is 9.47 Å². The normalized spacial score (nSPS) is 10.0. The van der Waals surface area contributed by atoms with Gasteiger partial charge in [-0.25, -0.2) is 0 Å². The largest absolute Gasteiger partial charge is 0.496 e. The highest BCUT2D eigenvalue weighted by Gasteiger charge is 2.18. The molecule has 1 heterocycles. The molecule has 1 amide bonds. The number of carbonyl (C=O) groups is 1. The molecule has 0 aliphatic rings. The number of rotatable bonds is 5. The van der Waals surface area contributed by atoms with Gasteiger partial charge in [0.05, 0.1) is 20.8 Å². The molecule has 0 aliphatic heterocycles. The third kappa shape index (κ3) is 2.79. The second kappa shape index (κ2) is 5.80. The van der Waals surface area contributed by atoms with E-state index in [0.717, 1.165) is 0 Å². The van der Waals surface area contributed by atoms with E-state index in [1.807, 2.05) is 0 Å². The number of hydrogen-bond acceptors (Lipinski definition) is 6. The molecular formula is C11H13N5O3. The van der Waals surface area contributed by atoms with Crippen molar-refractivity contribution in [2.24, 2.45) is 0 Å². The summed E-state index contributed by atoms with van der Waals surface area (Å²) in [5.74, 6) is 0.927. The molecule has 8 nitrogen and oxygen atoms in total. The third-order valence-electron chi connectivity index (χ3n) is 2.45. The lowest BCUT2D eigenvalue weighted by molar-refractivity contribution is 0.0943. The number of nitrogens with zero attached hydrogens (tertiary/aromatic N) is 3. The minimum absolute atomic E-state index is 0.163. The van der Waals surface area contributed by atoms with Crippen LogP contribution in [0.5, 0.6) is 11.5 Å². The van der Waals surface area contributed by atoms with Gasteiger partial charge in [-0.15, -0.1) is 10.2 Å². The van der Waals surface area contributed by atoms with Crippen molar-refractivity contribution < 1.29 is 14.3 Å². The van der Waals surface area contributed by atoms with Gasteiger partial charge in [-0.05, 0) is 12.1 Å². The Morgan fingerprint density at radius 2 is 2.00 bits per heavy atom. The smallest absolute Gasteiger partial charge is 0.259 e. The predicted octanol–water partition coefficient (Wildman–Crippen LogP) is 0.147. The van der Waals surface area contributed by atoms with Crippen LogP contribution in [0.25, 0.3) is 0 Å². The van der Waals surface area contributed by atoms with Crippen molar-refractivity contribution in [1.82, 2.24) is 25.9 Å². The second-order valence-corrected chi connectivity index (χ2v) is 3.55. The van der Waals surface area contributed by atoms with Gasteiger partial charge in [-0.1, -0.05) is 11.3 Å². The maximum Gasteiger partial charge on any atom is 0.259 e. The van der Waals surface area contributed by atoms with E-state index in [-0.39, 0.29) is 12.5 Å². The maximum atomic E-state index is 12.1. The summed E-state index contributed by atoms with van der Waals surface area (Å²) in [4.78, 5) is 12.1. The van der Waals surface area contributed by atoms with Gasteiger partial charge < -0.3 is 14.8 Å². The van der Waals surface area contributed by atoms with Gasteiger partial charge in [0.25, 0.3) is 5.91 Å². The molecule has 0 saturated carbocycles. The van der Waals surface area contributed by atoms with Crippen LogP contribution in [0.2, 0.25) is 0 Å². The van der Waals surface area contributed by atoms with E-state index in [2.05, 4.69) is 25.9 Å². The fourth-order valence-corrected chi connectivity index (χ4v) is 1.58. The van der Waals surface area contributed by atoms with Crippen molar-refractivity contribution in [3.05, 3.63) is 29.6 Å². The summed E-state index contributed by atoms with van der Waals surface area (Å²) in [5.41, 5.74) is 0.330. The molecule has 0 aliphatic carbocycles. The summed E-state index contributed by atoms with van der Waals surface area (Å²) in [6, 6.07) is 5.12. The van der Waals surface area contributed by atoms with Crippen molar-refractivity contribution >= 4 is 5.91 Å². The second-order valence-electron chi connectivity index (χ2n) is 3.55. The number of ether oxygens (including phenoxy) is 2. The van der Waals surface area contributed by atoms with Crippen molar-refractivity contribution in [2.45, 2.75) is 6.54 Å². The summed E-state index contributed by atoms with van der Waals surface area (Å²) in [6.07, 6.45) is 0. The van der Waals surface area contributed by atoms with Gasteiger partial charge >= 0.3 is 0 Å². The van der Waals surface area contributed by atoms with E-state index >= 15 is 0 Å². The van der Waals surface area contributed by atoms with Crippen LogP contribution in [0.15, 0.2) is 18.2 Å². The molecule has 0 atom stereocenters. The fraction of sp³-hybridized carbons (Fsp3) is 0.273. The fourth-order valence-electron chi connectivity index (χ4n) is 1.58. The monoisotopic (exact) mass is 263 g/mol. The highest BCUT2D eigenvalue weighted by atomic mass is 16.5. The van der Waals surface area contributed by atoms with E-state index in [9.17, 15) is 4.79 Å². The van der Waals surface area contributed by atoms with Crippen LogP contribution >= 0.6 is 0 Å². The predicted molar refractivity (Wildman–Crippen MR) is 64.9 cm³/mol. The molecule has 2 N–H and O–H groups in total. The number of H-pyrrole nitrogens is 1. The number of benzene rings is 1. The zero-order valence-electron chi connectivity index (χ0n) is 10.5. The Kier molecular flexibility index (Phi) is 3.91. The van der Waals surface area contributed by atoms with E-state index in [0.29, 0.717) is 22.9 Å². The minimum Gasteiger partial charge on any atom is -0.496 e. The first kappa shape index (κ1) is 12.8. The zero-order valence-corrected chi connectivity index (χ0v) is 10.5. The standard InChI is InChI=1S/C11H13N5O3/c1-18-7-4-3-5-8(19-2)10(7)11(17)12-6-9-13-15-16-14-9/h3-5H,6H2,1-2H3,(H,12,17)(H,13,14,15,16). The molecule has 100 valence electrons. The molecule has 1 aromatic carbocycles. The average molecular weight is 263 g/mol. The van der Waals surface area contributed by atoms with Crippen LogP contribution in [0.3, 0.4) is 0 Å². The molecule has 0 saturated heterocycles. The van der Waals surface area contributed by atoms with Crippen LogP contribution in [0.4, 0.5) is 0 Å². The first-order chi connectivity index (χ1) is 9.26. The van der Waals surface area contributed by atoms with Crippen molar-refractivity contribution in [3.63, 3.8) is 0 Å². The van der Waals surface area contributed by atoms with Crippen LogP contribution in [-0.2, 0) is 6.54 Å². The molecular weight excluding hydrogens is 250 g/mol. The SMILES string of the molecule is COc1cccc(OC)c1C(=O)NCc1nn[nH]n1. The lowest BCUT2D eigenvalue weighted by Gasteiger charge is -2.12. The molecule has 0 bridgehead atoms. The molecule has 0 radical (unpaired) electrons. The third-order valence-corrected chi connectivity index (χ3v) is 2.45.